The number of nitrogens with zero attached hydrogens (tertiary/aromatic N) is 1. The molecule has 0 spiro atoms. The molecule has 5 nitrogen and oxygen atoms in total. The van der Waals surface area contributed by atoms with E-state index < -0.39 is 12.9 Å². The van der Waals surface area contributed by atoms with Crippen molar-refractivity contribution in [2.45, 2.75) is 13.2 Å². The van der Waals surface area contributed by atoms with Crippen LogP contribution in [0.4, 0.5) is 4.39 Å². The summed E-state index contributed by atoms with van der Waals surface area (Å²) in [7, 11) is 0.576. The van der Waals surface area contributed by atoms with E-state index in [1.54, 1.807) is 18.5 Å². The van der Waals surface area contributed by atoms with Crippen LogP contribution in [0, 0.1) is 5.82 Å². The largest absolute Gasteiger partial charge is 0.542 e. The van der Waals surface area contributed by atoms with Gasteiger partial charge in [-0.15, -0.1) is 0 Å². The quantitative estimate of drug-likeness (QED) is 0.854. The number of halogens is 1. The molecule has 2 heterocycles. The van der Waals surface area contributed by atoms with Crippen molar-refractivity contribution in [2.24, 2.45) is 0 Å². The standard InChI is InChI=1S/C17H17BFNO4/c1-3-23-16-6-11(5-15(19)17(16)22-2)12-4-13(9-20-8-12)14-7-18(21)24-10-14/h4-6,8-10,21H,3,7H2,1-2H3. The minimum atomic E-state index is -0.827. The zero-order valence-corrected chi connectivity index (χ0v) is 13.5. The number of pyridine rings is 1. The Morgan fingerprint density at radius 3 is 2.71 bits per heavy atom. The van der Waals surface area contributed by atoms with Gasteiger partial charge in [0.05, 0.1) is 20.0 Å². The SMILES string of the molecule is CCOc1cc(-c2cncc(C3=COB(O)C3)c2)cc(F)c1OC. The second kappa shape index (κ2) is 6.92. The number of allylic oxidation sites excluding steroid dienone is 1. The van der Waals surface area contributed by atoms with E-state index in [-0.39, 0.29) is 5.75 Å². The van der Waals surface area contributed by atoms with Crippen molar-refractivity contribution in [1.82, 2.24) is 4.98 Å². The zero-order valence-electron chi connectivity index (χ0n) is 13.5. The molecule has 1 aromatic heterocycles. The Balaban J connectivity index is 2.00. The Morgan fingerprint density at radius 1 is 1.25 bits per heavy atom. The third kappa shape index (κ3) is 3.21. The summed E-state index contributed by atoms with van der Waals surface area (Å²) in [6.07, 6.45) is 5.24. The van der Waals surface area contributed by atoms with Crippen LogP contribution in [0.2, 0.25) is 6.32 Å². The van der Waals surface area contributed by atoms with Crippen molar-refractivity contribution >= 4 is 12.7 Å². The van der Waals surface area contributed by atoms with Gasteiger partial charge in [-0.25, -0.2) is 4.39 Å². The lowest BCUT2D eigenvalue weighted by Gasteiger charge is -2.13. The Morgan fingerprint density at radius 2 is 2.04 bits per heavy atom. The smallest absolute Gasteiger partial charge is 0.526 e. The summed E-state index contributed by atoms with van der Waals surface area (Å²) in [5.74, 6) is -0.0679. The number of aromatic nitrogens is 1. The average molecular weight is 329 g/mol. The van der Waals surface area contributed by atoms with Gasteiger partial charge in [-0.05, 0) is 41.8 Å². The van der Waals surface area contributed by atoms with Gasteiger partial charge in [-0.2, -0.15) is 0 Å². The van der Waals surface area contributed by atoms with Gasteiger partial charge in [0.1, 0.15) is 0 Å². The topological polar surface area (TPSA) is 60.8 Å². The fourth-order valence-corrected chi connectivity index (χ4v) is 2.60. The first kappa shape index (κ1) is 16.3. The molecular weight excluding hydrogens is 312 g/mol. The van der Waals surface area contributed by atoms with Gasteiger partial charge < -0.3 is 19.2 Å². The van der Waals surface area contributed by atoms with Crippen LogP contribution in [-0.4, -0.2) is 30.8 Å². The lowest BCUT2D eigenvalue weighted by molar-refractivity contribution is 0.302. The van der Waals surface area contributed by atoms with E-state index in [0.717, 1.165) is 16.7 Å². The fraction of sp³-hybridized carbons (Fsp3) is 0.235. The molecule has 0 radical (unpaired) electrons. The van der Waals surface area contributed by atoms with Crippen LogP contribution in [0.15, 0.2) is 36.9 Å². The van der Waals surface area contributed by atoms with Gasteiger partial charge >= 0.3 is 7.12 Å². The van der Waals surface area contributed by atoms with Crippen molar-refractivity contribution in [3.05, 3.63) is 48.2 Å². The Bertz CT molecular complexity index is 781. The van der Waals surface area contributed by atoms with Crippen LogP contribution in [0.5, 0.6) is 11.5 Å². The van der Waals surface area contributed by atoms with E-state index in [2.05, 4.69) is 4.98 Å². The minimum Gasteiger partial charge on any atom is -0.542 e. The normalized spacial score (nSPS) is 13.5. The molecule has 0 unspecified atom stereocenters. The second-order valence-corrected chi connectivity index (χ2v) is 5.32. The lowest BCUT2D eigenvalue weighted by atomic mass is 9.82. The highest BCUT2D eigenvalue weighted by atomic mass is 19.1. The van der Waals surface area contributed by atoms with Crippen LogP contribution >= 0.6 is 0 Å². The van der Waals surface area contributed by atoms with E-state index >= 15 is 0 Å². The molecule has 1 aromatic carbocycles. The monoisotopic (exact) mass is 329 g/mol. The van der Waals surface area contributed by atoms with E-state index in [1.807, 2.05) is 13.0 Å². The van der Waals surface area contributed by atoms with Gasteiger partial charge in [-0.1, -0.05) is 0 Å². The number of benzene rings is 1. The first-order valence-electron chi connectivity index (χ1n) is 7.61. The van der Waals surface area contributed by atoms with E-state index in [9.17, 15) is 9.41 Å². The molecule has 124 valence electrons. The maximum Gasteiger partial charge on any atom is 0.526 e. The molecule has 1 N–H and O–H groups in total. The second-order valence-electron chi connectivity index (χ2n) is 5.32. The van der Waals surface area contributed by atoms with E-state index in [1.165, 1.54) is 19.4 Å². The van der Waals surface area contributed by atoms with Crippen LogP contribution in [0.3, 0.4) is 0 Å². The molecule has 0 aliphatic carbocycles. The molecule has 24 heavy (non-hydrogen) atoms. The third-order valence-corrected chi connectivity index (χ3v) is 3.72. The molecule has 3 rings (SSSR count). The van der Waals surface area contributed by atoms with Crippen molar-refractivity contribution in [3.63, 3.8) is 0 Å². The molecule has 0 bridgehead atoms. The lowest BCUT2D eigenvalue weighted by Crippen LogP contribution is -2.08. The summed E-state index contributed by atoms with van der Waals surface area (Å²) in [5.41, 5.74) is 3.03. The highest BCUT2D eigenvalue weighted by Crippen LogP contribution is 2.36. The summed E-state index contributed by atoms with van der Waals surface area (Å²) in [5, 5.41) is 9.46. The van der Waals surface area contributed by atoms with Gasteiger partial charge in [-0.3, -0.25) is 4.98 Å². The van der Waals surface area contributed by atoms with Gasteiger partial charge in [0, 0.05) is 24.3 Å². The van der Waals surface area contributed by atoms with Gasteiger partial charge in [0.15, 0.2) is 17.3 Å². The molecule has 0 saturated carbocycles. The predicted octanol–water partition coefficient (Wildman–Crippen LogP) is 3.15. The molecule has 1 aliphatic heterocycles. The molecule has 0 fully saturated rings. The number of methoxy groups -OCH3 is 1. The van der Waals surface area contributed by atoms with Crippen LogP contribution < -0.4 is 9.47 Å². The summed E-state index contributed by atoms with van der Waals surface area (Å²) < 4.78 is 29.9. The molecular formula is C17H17BFNO4. The minimum absolute atomic E-state index is 0.0831. The van der Waals surface area contributed by atoms with E-state index in [4.69, 9.17) is 14.1 Å². The zero-order chi connectivity index (χ0) is 17.1. The maximum atomic E-state index is 14.3. The summed E-state index contributed by atoms with van der Waals surface area (Å²) in [4.78, 5) is 4.21. The molecule has 7 heteroatoms. The third-order valence-electron chi connectivity index (χ3n) is 3.72. The highest BCUT2D eigenvalue weighted by Gasteiger charge is 2.24. The van der Waals surface area contributed by atoms with Crippen LogP contribution in [0.1, 0.15) is 12.5 Å². The maximum absolute atomic E-state index is 14.3. The van der Waals surface area contributed by atoms with Crippen molar-refractivity contribution in [2.75, 3.05) is 13.7 Å². The first-order valence-corrected chi connectivity index (χ1v) is 7.61. The van der Waals surface area contributed by atoms with Gasteiger partial charge in [0.2, 0.25) is 0 Å². The Kier molecular flexibility index (Phi) is 4.71. The molecule has 2 aromatic rings. The predicted molar refractivity (Wildman–Crippen MR) is 89.2 cm³/mol. The molecule has 1 aliphatic rings. The molecule has 0 saturated heterocycles. The summed E-state index contributed by atoms with van der Waals surface area (Å²) in [6.45, 7) is 2.23. The average Bonchev–Trinajstić information content (AvgIpc) is 3.01. The number of ether oxygens (including phenoxy) is 2. The van der Waals surface area contributed by atoms with Crippen LogP contribution in [0.25, 0.3) is 16.7 Å². The van der Waals surface area contributed by atoms with Crippen molar-refractivity contribution in [3.8, 4) is 22.6 Å². The number of rotatable bonds is 5. The molecule has 0 atom stereocenters. The summed E-state index contributed by atoms with van der Waals surface area (Å²) in [6, 6.07) is 4.98. The first-order chi connectivity index (χ1) is 11.6. The van der Waals surface area contributed by atoms with Gasteiger partial charge in [0.25, 0.3) is 0 Å². The Hall–Kier alpha value is -2.54. The fourth-order valence-electron chi connectivity index (χ4n) is 2.60. The van der Waals surface area contributed by atoms with Crippen molar-refractivity contribution < 1.29 is 23.5 Å². The van der Waals surface area contributed by atoms with Crippen LogP contribution in [-0.2, 0) is 4.65 Å². The number of hydrogen-bond donors (Lipinski definition) is 1. The van der Waals surface area contributed by atoms with Crippen molar-refractivity contribution in [1.29, 1.82) is 0 Å². The highest BCUT2D eigenvalue weighted by molar-refractivity contribution is 6.47. The summed E-state index contributed by atoms with van der Waals surface area (Å²) >= 11 is 0. The number of hydrogen-bond acceptors (Lipinski definition) is 5. The Labute approximate surface area is 139 Å². The van der Waals surface area contributed by atoms with E-state index in [0.29, 0.717) is 24.2 Å². The molecule has 0 amide bonds.